The summed E-state index contributed by atoms with van der Waals surface area (Å²) in [6.45, 7) is 1.53. The zero-order chi connectivity index (χ0) is 9.99. The second-order valence-electron chi connectivity index (χ2n) is 2.25. The molecule has 74 valence electrons. The Labute approximate surface area is 71.1 Å². The van der Waals surface area contributed by atoms with E-state index in [9.17, 15) is 16.8 Å². The van der Waals surface area contributed by atoms with Crippen molar-refractivity contribution in [2.24, 2.45) is 0 Å². The van der Waals surface area contributed by atoms with Crippen LogP contribution in [0.5, 0.6) is 0 Å². The highest BCUT2D eigenvalue weighted by Gasteiger charge is 2.34. The van der Waals surface area contributed by atoms with Crippen LogP contribution >= 0.6 is 0 Å². The van der Waals surface area contributed by atoms with Gasteiger partial charge in [-0.3, -0.25) is 9.11 Å². The van der Waals surface area contributed by atoms with Crippen LogP contribution in [0.1, 0.15) is 19.8 Å². The molecular weight excluding hydrogens is 208 g/mol. The van der Waals surface area contributed by atoms with Crippen molar-refractivity contribution in [1.82, 2.24) is 0 Å². The molecule has 0 atom stereocenters. The fraction of sp³-hybridized carbons (Fsp3) is 1.00. The van der Waals surface area contributed by atoms with E-state index in [0.717, 1.165) is 0 Å². The molecule has 0 unspecified atom stereocenters. The van der Waals surface area contributed by atoms with Gasteiger partial charge in [0, 0.05) is 0 Å². The van der Waals surface area contributed by atoms with Crippen molar-refractivity contribution in [3.05, 3.63) is 0 Å². The third kappa shape index (κ3) is 3.48. The molecule has 0 aromatic rings. The highest BCUT2D eigenvalue weighted by atomic mass is 32.3. The SMILES string of the molecule is CCCC(S(=O)(=O)O)S(=O)(=O)O. The first-order valence-corrected chi connectivity index (χ1v) is 6.13. The molecule has 0 rings (SSSR count). The van der Waals surface area contributed by atoms with Crippen LogP contribution in [0.25, 0.3) is 0 Å². The molecule has 0 amide bonds. The molecule has 0 saturated carbocycles. The van der Waals surface area contributed by atoms with Crippen molar-refractivity contribution in [3.8, 4) is 0 Å². The van der Waals surface area contributed by atoms with Gasteiger partial charge in [0.2, 0.25) is 4.58 Å². The molecule has 12 heavy (non-hydrogen) atoms. The summed E-state index contributed by atoms with van der Waals surface area (Å²) in [5.74, 6) is 0. The van der Waals surface area contributed by atoms with Crippen LogP contribution < -0.4 is 0 Å². The highest BCUT2D eigenvalue weighted by molar-refractivity contribution is 8.03. The average molecular weight is 218 g/mol. The fourth-order valence-electron chi connectivity index (χ4n) is 0.687. The van der Waals surface area contributed by atoms with Crippen LogP contribution in [0.4, 0.5) is 0 Å². The van der Waals surface area contributed by atoms with Crippen LogP contribution in [-0.4, -0.2) is 30.5 Å². The van der Waals surface area contributed by atoms with Gasteiger partial charge in [0.25, 0.3) is 20.2 Å². The monoisotopic (exact) mass is 218 g/mol. The summed E-state index contributed by atoms with van der Waals surface area (Å²) >= 11 is 0. The van der Waals surface area contributed by atoms with Gasteiger partial charge < -0.3 is 0 Å². The molecule has 0 aromatic carbocycles. The number of hydrogen-bond donors (Lipinski definition) is 2. The minimum Gasteiger partial charge on any atom is -0.284 e. The van der Waals surface area contributed by atoms with Crippen molar-refractivity contribution in [2.45, 2.75) is 24.3 Å². The summed E-state index contributed by atoms with van der Waals surface area (Å²) in [6, 6.07) is 0. The minimum atomic E-state index is -4.72. The van der Waals surface area contributed by atoms with Gasteiger partial charge in [0.1, 0.15) is 0 Å². The molecule has 0 bridgehead atoms. The van der Waals surface area contributed by atoms with Crippen molar-refractivity contribution in [3.63, 3.8) is 0 Å². The summed E-state index contributed by atoms with van der Waals surface area (Å²) in [4.78, 5) is 0. The van der Waals surface area contributed by atoms with Gasteiger partial charge in [-0.15, -0.1) is 0 Å². The van der Waals surface area contributed by atoms with E-state index in [1.165, 1.54) is 6.92 Å². The minimum absolute atomic E-state index is 0.226. The molecule has 0 radical (unpaired) electrons. The molecule has 0 heterocycles. The molecule has 0 aliphatic rings. The number of hydrogen-bond acceptors (Lipinski definition) is 4. The average Bonchev–Trinajstić information content (AvgIpc) is 1.77. The third-order valence-electron chi connectivity index (χ3n) is 1.19. The molecule has 8 heteroatoms. The van der Waals surface area contributed by atoms with E-state index in [1.54, 1.807) is 0 Å². The van der Waals surface area contributed by atoms with Gasteiger partial charge >= 0.3 is 0 Å². The number of rotatable bonds is 4. The van der Waals surface area contributed by atoms with Crippen molar-refractivity contribution < 1.29 is 25.9 Å². The Balaban J connectivity index is 4.97. The topological polar surface area (TPSA) is 109 Å². The lowest BCUT2D eigenvalue weighted by Gasteiger charge is -2.07. The van der Waals surface area contributed by atoms with E-state index >= 15 is 0 Å². The Morgan fingerprint density at radius 3 is 1.50 bits per heavy atom. The molecular formula is C4H10O6S2. The third-order valence-corrected chi connectivity index (χ3v) is 4.45. The zero-order valence-electron chi connectivity index (χ0n) is 6.34. The molecule has 0 spiro atoms. The molecule has 6 nitrogen and oxygen atoms in total. The maximum atomic E-state index is 10.4. The van der Waals surface area contributed by atoms with Crippen LogP contribution in [-0.2, 0) is 20.2 Å². The lowest BCUT2D eigenvalue weighted by Crippen LogP contribution is -2.29. The fourth-order valence-corrected chi connectivity index (χ4v) is 2.98. The van der Waals surface area contributed by atoms with E-state index in [2.05, 4.69) is 0 Å². The van der Waals surface area contributed by atoms with Crippen molar-refractivity contribution in [2.75, 3.05) is 0 Å². The summed E-state index contributed by atoms with van der Waals surface area (Å²) < 4.78 is 56.2. The Kier molecular flexibility index (Phi) is 3.63. The second-order valence-corrected chi connectivity index (χ2v) is 5.74. The van der Waals surface area contributed by atoms with Crippen LogP contribution in [0, 0.1) is 0 Å². The first-order chi connectivity index (χ1) is 5.19. The first-order valence-electron chi connectivity index (χ1n) is 3.12. The second kappa shape index (κ2) is 3.69. The lowest BCUT2D eigenvalue weighted by molar-refractivity contribution is 0.450. The summed E-state index contributed by atoms with van der Waals surface area (Å²) in [5.41, 5.74) is 0. The van der Waals surface area contributed by atoms with Gasteiger partial charge in [0.05, 0.1) is 0 Å². The first kappa shape index (κ1) is 11.8. The van der Waals surface area contributed by atoms with E-state index < -0.39 is 24.8 Å². The summed E-state index contributed by atoms with van der Waals surface area (Å²) in [5, 5.41) is 0. The lowest BCUT2D eigenvalue weighted by atomic mass is 10.4. The van der Waals surface area contributed by atoms with Gasteiger partial charge in [-0.25, -0.2) is 0 Å². The quantitative estimate of drug-likeness (QED) is 0.637. The molecule has 2 N–H and O–H groups in total. The van der Waals surface area contributed by atoms with E-state index in [4.69, 9.17) is 9.11 Å². The highest BCUT2D eigenvalue weighted by Crippen LogP contribution is 2.12. The predicted octanol–water partition coefficient (Wildman–Crippen LogP) is -0.112. The molecule has 0 aromatic heterocycles. The van der Waals surface area contributed by atoms with Gasteiger partial charge in [-0.05, 0) is 6.42 Å². The normalized spacial score (nSPS) is 13.7. The maximum absolute atomic E-state index is 10.4. The summed E-state index contributed by atoms with van der Waals surface area (Å²) in [6.07, 6.45) is -0.0953. The van der Waals surface area contributed by atoms with E-state index in [-0.39, 0.29) is 12.8 Å². The molecule has 0 aliphatic carbocycles. The molecule has 0 saturated heterocycles. The maximum Gasteiger partial charge on any atom is 0.284 e. The molecule has 0 aliphatic heterocycles. The van der Waals surface area contributed by atoms with Gasteiger partial charge in [-0.1, -0.05) is 13.3 Å². The largest absolute Gasteiger partial charge is 0.284 e. The van der Waals surface area contributed by atoms with Crippen LogP contribution in [0.15, 0.2) is 0 Å². The predicted molar refractivity (Wildman–Crippen MR) is 41.8 cm³/mol. The summed E-state index contributed by atoms with van der Waals surface area (Å²) in [7, 11) is -9.45. The van der Waals surface area contributed by atoms with Crippen molar-refractivity contribution in [1.29, 1.82) is 0 Å². The van der Waals surface area contributed by atoms with E-state index in [0.29, 0.717) is 0 Å². The Morgan fingerprint density at radius 1 is 1.08 bits per heavy atom. The smallest absolute Gasteiger partial charge is 0.284 e. The Hall–Kier alpha value is -0.180. The van der Waals surface area contributed by atoms with Gasteiger partial charge in [0.15, 0.2) is 0 Å². The van der Waals surface area contributed by atoms with Crippen molar-refractivity contribution >= 4 is 20.2 Å². The van der Waals surface area contributed by atoms with Crippen LogP contribution in [0.3, 0.4) is 0 Å². The Bertz CT molecular complexity index is 293. The zero-order valence-corrected chi connectivity index (χ0v) is 7.97. The van der Waals surface area contributed by atoms with Crippen LogP contribution in [0.2, 0.25) is 0 Å². The van der Waals surface area contributed by atoms with E-state index in [1.807, 2.05) is 0 Å². The Morgan fingerprint density at radius 2 is 1.42 bits per heavy atom. The van der Waals surface area contributed by atoms with Gasteiger partial charge in [-0.2, -0.15) is 16.8 Å². The molecule has 0 fully saturated rings. The standard InChI is InChI=1S/C4H10O6S2/c1-2-3-4(11(5,6)7)12(8,9)10/h4H,2-3H2,1H3,(H,5,6,7)(H,8,9,10).